The molecule has 18 heavy (non-hydrogen) atoms. The van der Waals surface area contributed by atoms with Gasteiger partial charge >= 0.3 is 0 Å². The second kappa shape index (κ2) is 6.02. The molecule has 0 spiro atoms. The number of nitriles is 1. The molecule has 0 N–H and O–H groups in total. The van der Waals surface area contributed by atoms with E-state index in [0.29, 0.717) is 0 Å². The minimum Gasteiger partial charge on any atom is -0.286 e. The topological polar surface area (TPSA) is 27.0 Å². The Hall–Kier alpha value is -1.33. The van der Waals surface area contributed by atoms with Crippen molar-refractivity contribution in [3.05, 3.63) is 35.9 Å². The molecule has 2 nitrogen and oxygen atoms in total. The number of hydrogen-bond acceptors (Lipinski definition) is 2. The van der Waals surface area contributed by atoms with Crippen LogP contribution in [-0.2, 0) is 6.42 Å². The monoisotopic (exact) mass is 242 g/mol. The fraction of sp³-hybridized carbons (Fsp3) is 0.562. The second-order valence-corrected chi connectivity index (χ2v) is 5.42. The molecule has 0 aliphatic carbocycles. The van der Waals surface area contributed by atoms with E-state index in [1.54, 1.807) is 0 Å². The third-order valence-corrected chi connectivity index (χ3v) is 4.04. The quantitative estimate of drug-likeness (QED) is 0.809. The Morgan fingerprint density at radius 1 is 1.17 bits per heavy atom. The fourth-order valence-corrected chi connectivity index (χ4v) is 2.70. The van der Waals surface area contributed by atoms with Crippen LogP contribution in [0.15, 0.2) is 30.3 Å². The maximum atomic E-state index is 9.52. The average Bonchev–Trinajstić information content (AvgIpc) is 2.47. The van der Waals surface area contributed by atoms with Crippen LogP contribution in [0.25, 0.3) is 0 Å². The summed E-state index contributed by atoms with van der Waals surface area (Å²) in [6.07, 6.45) is 5.71. The normalized spacial score (nSPS) is 20.0. The number of hydrogen-bond donors (Lipinski definition) is 0. The van der Waals surface area contributed by atoms with Gasteiger partial charge in [-0.15, -0.1) is 0 Å². The molecule has 0 aromatic heterocycles. The predicted molar refractivity (Wildman–Crippen MR) is 74.2 cm³/mol. The molecule has 1 heterocycles. The lowest BCUT2D eigenvalue weighted by Crippen LogP contribution is -2.48. The summed E-state index contributed by atoms with van der Waals surface area (Å²) in [6.45, 7) is 4.26. The molecule has 1 aromatic rings. The molecule has 1 aliphatic heterocycles. The van der Waals surface area contributed by atoms with Gasteiger partial charge < -0.3 is 0 Å². The van der Waals surface area contributed by atoms with Crippen molar-refractivity contribution in [1.29, 1.82) is 5.26 Å². The first-order valence-electron chi connectivity index (χ1n) is 6.95. The van der Waals surface area contributed by atoms with Crippen molar-refractivity contribution in [2.75, 3.05) is 13.1 Å². The first kappa shape index (κ1) is 13.1. The van der Waals surface area contributed by atoms with E-state index < -0.39 is 0 Å². The van der Waals surface area contributed by atoms with Crippen molar-refractivity contribution in [2.24, 2.45) is 0 Å². The highest BCUT2D eigenvalue weighted by molar-refractivity contribution is 5.17. The van der Waals surface area contributed by atoms with Crippen LogP contribution in [0.5, 0.6) is 0 Å². The number of aryl methyl sites for hydroxylation is 1. The highest BCUT2D eigenvalue weighted by Gasteiger charge is 2.32. The third-order valence-electron chi connectivity index (χ3n) is 4.04. The van der Waals surface area contributed by atoms with Gasteiger partial charge in [-0.25, -0.2) is 0 Å². The SMILES string of the molecule is CC(C#N)(CCc1ccccc1)N1CCCCC1. The smallest absolute Gasteiger partial charge is 0.106 e. The number of likely N-dealkylation sites (tertiary alicyclic amines) is 1. The van der Waals surface area contributed by atoms with Gasteiger partial charge in [0.15, 0.2) is 0 Å². The Morgan fingerprint density at radius 2 is 1.83 bits per heavy atom. The van der Waals surface area contributed by atoms with Gasteiger partial charge in [0.2, 0.25) is 0 Å². The Bertz CT molecular complexity index is 401. The van der Waals surface area contributed by atoms with Crippen molar-refractivity contribution in [1.82, 2.24) is 4.90 Å². The summed E-state index contributed by atoms with van der Waals surface area (Å²) in [7, 11) is 0. The van der Waals surface area contributed by atoms with Gasteiger partial charge in [0.1, 0.15) is 5.54 Å². The standard InChI is InChI=1S/C16H22N2/c1-16(14-17,18-12-6-3-7-13-18)11-10-15-8-4-2-5-9-15/h2,4-5,8-9H,3,6-7,10-13H2,1H3. The lowest BCUT2D eigenvalue weighted by atomic mass is 9.91. The molecule has 1 saturated heterocycles. The van der Waals surface area contributed by atoms with Crippen LogP contribution in [0.1, 0.15) is 38.2 Å². The van der Waals surface area contributed by atoms with Gasteiger partial charge in [-0.05, 0) is 51.3 Å². The Balaban J connectivity index is 1.97. The average molecular weight is 242 g/mol. The highest BCUT2D eigenvalue weighted by Crippen LogP contribution is 2.25. The maximum absolute atomic E-state index is 9.52. The summed E-state index contributed by atoms with van der Waals surface area (Å²) >= 11 is 0. The van der Waals surface area contributed by atoms with Crippen LogP contribution in [-0.4, -0.2) is 23.5 Å². The van der Waals surface area contributed by atoms with Crippen molar-refractivity contribution >= 4 is 0 Å². The van der Waals surface area contributed by atoms with Gasteiger partial charge in [-0.2, -0.15) is 5.26 Å². The van der Waals surface area contributed by atoms with Crippen molar-refractivity contribution in [2.45, 2.75) is 44.6 Å². The fourth-order valence-electron chi connectivity index (χ4n) is 2.70. The van der Waals surface area contributed by atoms with E-state index in [4.69, 9.17) is 0 Å². The summed E-state index contributed by atoms with van der Waals surface area (Å²) in [5.74, 6) is 0. The second-order valence-electron chi connectivity index (χ2n) is 5.42. The molecule has 0 bridgehead atoms. The van der Waals surface area contributed by atoms with Crippen LogP contribution in [0.2, 0.25) is 0 Å². The molecule has 96 valence electrons. The molecule has 2 heteroatoms. The lowest BCUT2D eigenvalue weighted by molar-refractivity contribution is 0.117. The van der Waals surface area contributed by atoms with Crippen LogP contribution >= 0.6 is 0 Å². The molecule has 0 saturated carbocycles. The Labute approximate surface area is 110 Å². The third kappa shape index (κ3) is 3.11. The minimum atomic E-state index is -0.295. The highest BCUT2D eigenvalue weighted by atomic mass is 15.2. The molecule has 1 fully saturated rings. The van der Waals surface area contributed by atoms with E-state index >= 15 is 0 Å². The number of nitrogens with zero attached hydrogens (tertiary/aromatic N) is 2. The van der Waals surface area contributed by atoms with Gasteiger partial charge in [0.25, 0.3) is 0 Å². The summed E-state index contributed by atoms with van der Waals surface area (Å²) in [5.41, 5.74) is 1.03. The molecule has 0 radical (unpaired) electrons. The number of benzene rings is 1. The van der Waals surface area contributed by atoms with Gasteiger partial charge in [-0.1, -0.05) is 36.8 Å². The van der Waals surface area contributed by atoms with Gasteiger partial charge in [0.05, 0.1) is 6.07 Å². The van der Waals surface area contributed by atoms with Crippen molar-refractivity contribution < 1.29 is 0 Å². The summed E-state index contributed by atoms with van der Waals surface area (Å²) < 4.78 is 0. The summed E-state index contributed by atoms with van der Waals surface area (Å²) in [5, 5.41) is 9.52. The molecule has 0 amide bonds. The van der Waals surface area contributed by atoms with E-state index in [1.165, 1.54) is 24.8 Å². The minimum absolute atomic E-state index is 0.295. The summed E-state index contributed by atoms with van der Waals surface area (Å²) in [6, 6.07) is 13.0. The van der Waals surface area contributed by atoms with Crippen LogP contribution in [0.3, 0.4) is 0 Å². The Kier molecular flexibility index (Phi) is 4.38. The number of rotatable bonds is 4. The molecular formula is C16H22N2. The van der Waals surface area contributed by atoms with E-state index in [1.807, 2.05) is 6.07 Å². The van der Waals surface area contributed by atoms with E-state index in [9.17, 15) is 5.26 Å². The Morgan fingerprint density at radius 3 is 2.44 bits per heavy atom. The van der Waals surface area contributed by atoms with Crippen molar-refractivity contribution in [3.63, 3.8) is 0 Å². The zero-order chi connectivity index (χ0) is 12.8. The van der Waals surface area contributed by atoms with Crippen LogP contribution in [0.4, 0.5) is 0 Å². The summed E-state index contributed by atoms with van der Waals surface area (Å²) in [4.78, 5) is 2.37. The van der Waals surface area contributed by atoms with Crippen LogP contribution in [0, 0.1) is 11.3 Å². The van der Waals surface area contributed by atoms with Crippen LogP contribution < -0.4 is 0 Å². The molecule has 1 atom stereocenters. The first-order chi connectivity index (χ1) is 8.74. The van der Waals surface area contributed by atoms with Gasteiger partial charge in [0, 0.05) is 0 Å². The molecule has 2 rings (SSSR count). The van der Waals surface area contributed by atoms with Gasteiger partial charge in [-0.3, -0.25) is 4.90 Å². The molecular weight excluding hydrogens is 220 g/mol. The van der Waals surface area contributed by atoms with E-state index in [0.717, 1.165) is 25.9 Å². The molecule has 1 unspecified atom stereocenters. The molecule has 1 aliphatic rings. The van der Waals surface area contributed by atoms with E-state index in [2.05, 4.69) is 42.2 Å². The largest absolute Gasteiger partial charge is 0.286 e. The maximum Gasteiger partial charge on any atom is 0.106 e. The first-order valence-corrected chi connectivity index (χ1v) is 6.95. The number of piperidine rings is 1. The lowest BCUT2D eigenvalue weighted by Gasteiger charge is -2.38. The zero-order valence-electron chi connectivity index (χ0n) is 11.2. The van der Waals surface area contributed by atoms with Crippen molar-refractivity contribution in [3.8, 4) is 6.07 Å². The predicted octanol–water partition coefficient (Wildman–Crippen LogP) is 3.39. The molecule has 1 aromatic carbocycles. The zero-order valence-corrected chi connectivity index (χ0v) is 11.2. The van der Waals surface area contributed by atoms with E-state index in [-0.39, 0.29) is 5.54 Å².